The van der Waals surface area contributed by atoms with Crippen molar-refractivity contribution in [1.29, 1.82) is 10.8 Å². The van der Waals surface area contributed by atoms with E-state index in [4.69, 9.17) is 10.8 Å². The fourth-order valence-electron chi connectivity index (χ4n) is 0.215. The maximum atomic E-state index is 6.53. The fourth-order valence-corrected chi connectivity index (χ4v) is 0.215. The van der Waals surface area contributed by atoms with Gasteiger partial charge < -0.3 is 10.8 Å². The van der Waals surface area contributed by atoms with Crippen molar-refractivity contribution in [3.63, 3.8) is 0 Å². The molecule has 0 spiro atoms. The molecular weight excluding hydrogens is 88.1 g/mol. The van der Waals surface area contributed by atoms with E-state index in [-0.39, 0.29) is 0 Å². The Labute approximate surface area is 42.9 Å². The summed E-state index contributed by atoms with van der Waals surface area (Å²) in [5.74, 6) is 0. The van der Waals surface area contributed by atoms with E-state index < -0.39 is 0 Å². The molecule has 0 aliphatic carbocycles. The van der Waals surface area contributed by atoms with Crippen molar-refractivity contribution < 1.29 is 0 Å². The highest BCUT2D eigenvalue weighted by Gasteiger charge is 1.62. The average molecular weight is 96.1 g/mol. The Morgan fingerprint density at radius 3 is 2.43 bits per heavy atom. The first kappa shape index (κ1) is 6.08. The highest BCUT2D eigenvalue weighted by molar-refractivity contribution is 5.69. The monoisotopic (exact) mass is 96.1 g/mol. The smallest absolute Gasteiger partial charge is 0.0174 e. The molecule has 2 heteroatoms. The van der Waals surface area contributed by atoms with Crippen molar-refractivity contribution in [3.8, 4) is 0 Å². The van der Waals surface area contributed by atoms with Gasteiger partial charge in [0.1, 0.15) is 0 Å². The molecule has 38 valence electrons. The van der Waals surface area contributed by atoms with Gasteiger partial charge in [-0.15, -0.1) is 0 Å². The van der Waals surface area contributed by atoms with Gasteiger partial charge in [0.05, 0.1) is 0 Å². The maximum absolute atomic E-state index is 6.53. The molecule has 0 fully saturated rings. The van der Waals surface area contributed by atoms with Gasteiger partial charge >= 0.3 is 0 Å². The molecule has 0 aromatic heterocycles. The number of rotatable bonds is 3. The highest BCUT2D eigenvalue weighted by Crippen LogP contribution is 1.71. The lowest BCUT2D eigenvalue weighted by Gasteiger charge is -1.69. The zero-order valence-electron chi connectivity index (χ0n) is 4.02. The molecule has 2 nitrogen and oxygen atoms in total. The number of allylic oxidation sites excluding steroid dienone is 2. The van der Waals surface area contributed by atoms with Crippen LogP contribution in [0.5, 0.6) is 0 Å². The van der Waals surface area contributed by atoms with Crippen LogP contribution in [0, 0.1) is 10.8 Å². The summed E-state index contributed by atoms with van der Waals surface area (Å²) in [5, 5.41) is 13.0. The first-order chi connectivity index (χ1) is 3.41. The Balaban J connectivity index is 3.08. The minimum atomic E-state index is 0.634. The lowest BCUT2D eigenvalue weighted by atomic mass is 10.4. The summed E-state index contributed by atoms with van der Waals surface area (Å²) in [7, 11) is 0. The zero-order valence-corrected chi connectivity index (χ0v) is 4.02. The lowest BCUT2D eigenvalue weighted by molar-refractivity contribution is 1.44. The predicted octanol–water partition coefficient (Wildman–Crippen LogP) is 1.23. The molecule has 7 heavy (non-hydrogen) atoms. The summed E-state index contributed by atoms with van der Waals surface area (Å²) < 4.78 is 0. The Morgan fingerprint density at radius 2 is 2.00 bits per heavy atom. The van der Waals surface area contributed by atoms with Crippen LogP contribution < -0.4 is 0 Å². The second kappa shape index (κ2) is 5.08. The van der Waals surface area contributed by atoms with Crippen LogP contribution in [0.3, 0.4) is 0 Å². The molecule has 0 saturated carbocycles. The molecule has 2 N–H and O–H groups in total. The van der Waals surface area contributed by atoms with E-state index in [9.17, 15) is 0 Å². The number of hydrogen-bond acceptors (Lipinski definition) is 2. The molecule has 0 aromatic carbocycles. The summed E-state index contributed by atoms with van der Waals surface area (Å²) in [6.45, 7) is 0. The van der Waals surface area contributed by atoms with Crippen LogP contribution in [0.2, 0.25) is 0 Å². The Morgan fingerprint density at radius 1 is 1.29 bits per heavy atom. The van der Waals surface area contributed by atoms with Crippen LogP contribution in [-0.2, 0) is 0 Å². The van der Waals surface area contributed by atoms with E-state index >= 15 is 0 Å². The largest absolute Gasteiger partial charge is 0.313 e. The van der Waals surface area contributed by atoms with Crippen LogP contribution in [-0.4, -0.2) is 12.4 Å². The standard InChI is InChI=1S/C5H8N2/c6-4-2-1-3-5-7/h1-2,4-7H,3H2. The Hall–Kier alpha value is -0.920. The van der Waals surface area contributed by atoms with Crippen molar-refractivity contribution in [2.24, 2.45) is 0 Å². The van der Waals surface area contributed by atoms with E-state index in [2.05, 4.69) is 0 Å². The highest BCUT2D eigenvalue weighted by atomic mass is 14.3. The summed E-state index contributed by atoms with van der Waals surface area (Å²) >= 11 is 0. The van der Waals surface area contributed by atoms with Gasteiger partial charge in [0.25, 0.3) is 0 Å². The molecule has 0 saturated heterocycles. The molecule has 0 rings (SSSR count). The van der Waals surface area contributed by atoms with Crippen molar-refractivity contribution in [2.75, 3.05) is 0 Å². The van der Waals surface area contributed by atoms with Gasteiger partial charge in [-0.1, -0.05) is 6.08 Å². The fraction of sp³-hybridized carbons (Fsp3) is 0.200. The van der Waals surface area contributed by atoms with Crippen LogP contribution >= 0.6 is 0 Å². The van der Waals surface area contributed by atoms with Crippen LogP contribution in [0.4, 0.5) is 0 Å². The van der Waals surface area contributed by atoms with Crippen molar-refractivity contribution in [3.05, 3.63) is 12.2 Å². The van der Waals surface area contributed by atoms with Gasteiger partial charge in [-0.2, -0.15) is 0 Å². The topological polar surface area (TPSA) is 47.7 Å². The first-order valence-corrected chi connectivity index (χ1v) is 2.06. The van der Waals surface area contributed by atoms with E-state index in [0.717, 1.165) is 0 Å². The minimum absolute atomic E-state index is 0.634. The van der Waals surface area contributed by atoms with Crippen LogP contribution in [0.25, 0.3) is 0 Å². The molecule has 0 unspecified atom stereocenters. The molecular formula is C5H8N2. The molecule has 0 bridgehead atoms. The maximum Gasteiger partial charge on any atom is 0.0174 e. The molecule has 0 radical (unpaired) electrons. The van der Waals surface area contributed by atoms with Gasteiger partial charge in [-0.3, -0.25) is 0 Å². The SMILES string of the molecule is N=CC=CCC=N. The zero-order chi connectivity index (χ0) is 5.54. The van der Waals surface area contributed by atoms with Crippen molar-refractivity contribution in [2.45, 2.75) is 6.42 Å². The normalized spacial score (nSPS) is 9.14. The third-order valence-corrected chi connectivity index (χ3v) is 0.486. The van der Waals surface area contributed by atoms with Gasteiger partial charge in [-0.25, -0.2) is 0 Å². The molecule has 0 aromatic rings. The molecule has 0 aliphatic rings. The molecule has 0 atom stereocenters. The van der Waals surface area contributed by atoms with Gasteiger partial charge in [0.2, 0.25) is 0 Å². The lowest BCUT2D eigenvalue weighted by Crippen LogP contribution is -1.63. The van der Waals surface area contributed by atoms with Gasteiger partial charge in [0.15, 0.2) is 0 Å². The third kappa shape index (κ3) is 5.08. The predicted molar refractivity (Wildman–Crippen MR) is 31.3 cm³/mol. The first-order valence-electron chi connectivity index (χ1n) is 2.06. The van der Waals surface area contributed by atoms with Crippen LogP contribution in [0.15, 0.2) is 12.2 Å². The van der Waals surface area contributed by atoms with Crippen LogP contribution in [0.1, 0.15) is 6.42 Å². The second-order valence-corrected chi connectivity index (χ2v) is 1.03. The molecule has 0 amide bonds. The Kier molecular flexibility index (Phi) is 4.41. The number of hydrogen-bond donors (Lipinski definition) is 2. The second-order valence-electron chi connectivity index (χ2n) is 1.03. The third-order valence-electron chi connectivity index (χ3n) is 0.486. The number of nitrogens with one attached hydrogen (secondary N) is 2. The van der Waals surface area contributed by atoms with E-state index in [1.807, 2.05) is 0 Å². The average Bonchev–Trinajstić information content (AvgIpc) is 1.69. The summed E-state index contributed by atoms with van der Waals surface area (Å²) in [4.78, 5) is 0. The van der Waals surface area contributed by atoms with E-state index in [1.165, 1.54) is 12.4 Å². The molecule has 0 heterocycles. The van der Waals surface area contributed by atoms with E-state index in [0.29, 0.717) is 6.42 Å². The minimum Gasteiger partial charge on any atom is -0.313 e. The molecule has 0 aliphatic heterocycles. The van der Waals surface area contributed by atoms with Gasteiger partial charge in [-0.05, 0) is 12.3 Å². The quantitative estimate of drug-likeness (QED) is 0.496. The van der Waals surface area contributed by atoms with Crippen molar-refractivity contribution >= 4 is 12.4 Å². The van der Waals surface area contributed by atoms with E-state index in [1.54, 1.807) is 12.2 Å². The summed E-state index contributed by atoms with van der Waals surface area (Å²) in [5.41, 5.74) is 0. The van der Waals surface area contributed by atoms with Gasteiger partial charge in [0, 0.05) is 12.6 Å². The summed E-state index contributed by atoms with van der Waals surface area (Å²) in [6, 6.07) is 0. The summed E-state index contributed by atoms with van der Waals surface area (Å²) in [6.07, 6.45) is 6.48. The van der Waals surface area contributed by atoms with Crippen molar-refractivity contribution in [1.82, 2.24) is 0 Å². The Bertz CT molecular complexity index is 84.1.